The first-order valence-electron chi connectivity index (χ1n) is 6.40. The van der Waals surface area contributed by atoms with E-state index >= 15 is 0 Å². The number of phenolic OH excluding ortho intramolecular Hbond substituents is 1. The molecule has 2 heterocycles. The van der Waals surface area contributed by atoms with Crippen molar-refractivity contribution < 1.29 is 20.1 Å². The van der Waals surface area contributed by atoms with Crippen LogP contribution in [-0.4, -0.2) is 30.8 Å². The third kappa shape index (κ3) is 1.85. The van der Waals surface area contributed by atoms with Crippen LogP contribution in [0.1, 0.15) is 35.3 Å². The molecule has 1 atom stereocenters. The molecule has 6 heteroatoms. The summed E-state index contributed by atoms with van der Waals surface area (Å²) in [5.41, 5.74) is 0.874. The fourth-order valence-electron chi connectivity index (χ4n) is 2.63. The largest absolute Gasteiger partial charge is 0.507 e. The summed E-state index contributed by atoms with van der Waals surface area (Å²) in [5.74, 6) is -0.817. The van der Waals surface area contributed by atoms with Crippen molar-refractivity contribution in [2.24, 2.45) is 0 Å². The fraction of sp³-hybridized carbons (Fsp3) is 0.286. The summed E-state index contributed by atoms with van der Waals surface area (Å²) in [6.45, 7) is 0. The van der Waals surface area contributed by atoms with Crippen LogP contribution >= 0.6 is 0 Å². The number of carboxylic acid groups (broad SMARTS) is 1. The van der Waals surface area contributed by atoms with E-state index in [1.807, 2.05) is 0 Å². The van der Waals surface area contributed by atoms with Gasteiger partial charge in [0.1, 0.15) is 17.8 Å². The van der Waals surface area contributed by atoms with Gasteiger partial charge in [-0.05, 0) is 31.4 Å². The molecule has 1 aliphatic heterocycles. The van der Waals surface area contributed by atoms with Crippen LogP contribution in [0.15, 0.2) is 24.3 Å². The Morgan fingerprint density at radius 2 is 2.10 bits per heavy atom. The van der Waals surface area contributed by atoms with Gasteiger partial charge in [-0.15, -0.1) is 0 Å². The second-order valence-electron chi connectivity index (χ2n) is 4.80. The highest BCUT2D eigenvalue weighted by Crippen LogP contribution is 2.35. The van der Waals surface area contributed by atoms with Gasteiger partial charge in [-0.25, -0.2) is 9.78 Å². The van der Waals surface area contributed by atoms with Crippen molar-refractivity contribution in [1.29, 1.82) is 0 Å². The number of aromatic carboxylic acids is 1. The average Bonchev–Trinajstić information content (AvgIpc) is 2.80. The zero-order valence-corrected chi connectivity index (χ0v) is 10.7. The van der Waals surface area contributed by atoms with E-state index in [1.54, 1.807) is 18.2 Å². The lowest BCUT2D eigenvalue weighted by atomic mass is 10.1. The number of aliphatic hydroxyl groups excluding tert-OH is 1. The molecule has 3 N–H and O–H groups in total. The molecule has 0 aliphatic carbocycles. The topological polar surface area (TPSA) is 95.6 Å². The van der Waals surface area contributed by atoms with E-state index in [2.05, 4.69) is 4.98 Å². The van der Waals surface area contributed by atoms with Gasteiger partial charge in [-0.1, -0.05) is 12.1 Å². The minimum absolute atomic E-state index is 0.00927. The van der Waals surface area contributed by atoms with Crippen LogP contribution in [0, 0.1) is 0 Å². The Balaban J connectivity index is 2.26. The number of nitrogens with zero attached hydrogens (tertiary/aromatic N) is 2. The maximum absolute atomic E-state index is 11.3. The van der Waals surface area contributed by atoms with E-state index in [0.29, 0.717) is 36.3 Å². The molecule has 1 aromatic carbocycles. The summed E-state index contributed by atoms with van der Waals surface area (Å²) < 4.78 is 1.52. The summed E-state index contributed by atoms with van der Waals surface area (Å²) in [6.07, 6.45) is 1.00. The Labute approximate surface area is 114 Å². The number of hydrogen-bond donors (Lipinski definition) is 3. The second-order valence-corrected chi connectivity index (χ2v) is 4.80. The lowest BCUT2D eigenvalue weighted by Crippen LogP contribution is -2.19. The second kappa shape index (κ2) is 4.64. The monoisotopic (exact) mass is 274 g/mol. The van der Waals surface area contributed by atoms with Crippen molar-refractivity contribution in [3.05, 3.63) is 35.7 Å². The summed E-state index contributed by atoms with van der Waals surface area (Å²) >= 11 is 0. The molecule has 3 rings (SSSR count). The number of carboxylic acids is 1. The molecule has 2 aromatic rings. The van der Waals surface area contributed by atoms with Crippen LogP contribution in [0.5, 0.6) is 5.75 Å². The molecule has 1 aromatic heterocycles. The first kappa shape index (κ1) is 12.7. The molecule has 1 aliphatic rings. The Hall–Kier alpha value is -2.34. The third-order valence-corrected chi connectivity index (χ3v) is 3.53. The smallest absolute Gasteiger partial charge is 0.356 e. The summed E-state index contributed by atoms with van der Waals surface area (Å²) in [4.78, 5) is 15.4. The maximum Gasteiger partial charge on any atom is 0.356 e. The molecule has 0 amide bonds. The van der Waals surface area contributed by atoms with Crippen LogP contribution in [0.2, 0.25) is 0 Å². The highest BCUT2D eigenvalue weighted by molar-refractivity contribution is 5.88. The Morgan fingerprint density at radius 1 is 1.35 bits per heavy atom. The predicted octanol–water partition coefficient (Wildman–Crippen LogP) is 1.78. The number of imidazole rings is 1. The quantitative estimate of drug-likeness (QED) is 0.775. The average molecular weight is 274 g/mol. The zero-order valence-electron chi connectivity index (χ0n) is 10.7. The Kier molecular flexibility index (Phi) is 2.94. The minimum Gasteiger partial charge on any atom is -0.507 e. The van der Waals surface area contributed by atoms with Gasteiger partial charge in [0.25, 0.3) is 0 Å². The number of phenols is 1. The van der Waals surface area contributed by atoms with Gasteiger partial charge in [0.15, 0.2) is 5.69 Å². The number of para-hydroxylation sites is 1. The van der Waals surface area contributed by atoms with E-state index in [1.165, 1.54) is 10.6 Å². The van der Waals surface area contributed by atoms with Crippen molar-refractivity contribution >= 4 is 5.97 Å². The molecule has 0 radical (unpaired) electrons. The number of fused-ring (bicyclic) bond motifs is 1. The minimum atomic E-state index is -1.12. The maximum atomic E-state index is 11.3. The number of rotatable bonds is 2. The van der Waals surface area contributed by atoms with Gasteiger partial charge >= 0.3 is 5.97 Å². The summed E-state index contributed by atoms with van der Waals surface area (Å²) in [7, 11) is 0. The third-order valence-electron chi connectivity index (χ3n) is 3.53. The Morgan fingerprint density at radius 3 is 2.80 bits per heavy atom. The number of aromatic nitrogens is 2. The molecule has 6 nitrogen and oxygen atoms in total. The molecule has 1 unspecified atom stereocenters. The molecule has 0 spiro atoms. The van der Waals surface area contributed by atoms with Crippen LogP contribution in [0.25, 0.3) is 11.4 Å². The number of aliphatic hydroxyl groups is 1. The standard InChI is InChI=1S/C14H14N2O4/c17-10-6-2-1-4-8(10)13-15-12(14(19)20)9-5-3-7-11(18)16(9)13/h1-2,4,6,11,17-18H,3,5,7H2,(H,19,20). The van der Waals surface area contributed by atoms with E-state index < -0.39 is 12.2 Å². The van der Waals surface area contributed by atoms with Crippen LogP contribution in [0.4, 0.5) is 0 Å². The van der Waals surface area contributed by atoms with E-state index in [9.17, 15) is 20.1 Å². The van der Waals surface area contributed by atoms with Crippen molar-refractivity contribution in [2.45, 2.75) is 25.5 Å². The molecule has 104 valence electrons. The van der Waals surface area contributed by atoms with Gasteiger partial charge in [0.2, 0.25) is 0 Å². The van der Waals surface area contributed by atoms with Crippen molar-refractivity contribution in [3.8, 4) is 17.1 Å². The Bertz CT molecular complexity index is 678. The van der Waals surface area contributed by atoms with Crippen molar-refractivity contribution in [3.63, 3.8) is 0 Å². The number of carbonyl (C=O) groups is 1. The normalized spacial score (nSPS) is 17.8. The van der Waals surface area contributed by atoms with Crippen LogP contribution < -0.4 is 0 Å². The van der Waals surface area contributed by atoms with E-state index in [-0.39, 0.29) is 11.4 Å². The van der Waals surface area contributed by atoms with Crippen LogP contribution in [0.3, 0.4) is 0 Å². The molecule has 0 saturated carbocycles. The molecular formula is C14H14N2O4. The zero-order chi connectivity index (χ0) is 14.3. The van der Waals surface area contributed by atoms with E-state index in [4.69, 9.17) is 0 Å². The van der Waals surface area contributed by atoms with Crippen molar-refractivity contribution in [1.82, 2.24) is 9.55 Å². The molecule has 0 bridgehead atoms. The highest BCUT2D eigenvalue weighted by atomic mass is 16.4. The molecule has 20 heavy (non-hydrogen) atoms. The molecule has 0 saturated heterocycles. The van der Waals surface area contributed by atoms with E-state index in [0.717, 1.165) is 0 Å². The molecular weight excluding hydrogens is 260 g/mol. The van der Waals surface area contributed by atoms with Gasteiger partial charge in [0, 0.05) is 0 Å². The molecule has 0 fully saturated rings. The highest BCUT2D eigenvalue weighted by Gasteiger charge is 2.29. The van der Waals surface area contributed by atoms with Crippen molar-refractivity contribution in [2.75, 3.05) is 0 Å². The van der Waals surface area contributed by atoms with Gasteiger partial charge < -0.3 is 19.9 Å². The number of benzene rings is 1. The van der Waals surface area contributed by atoms with Gasteiger partial charge in [-0.2, -0.15) is 0 Å². The van der Waals surface area contributed by atoms with Gasteiger partial charge in [-0.3, -0.25) is 0 Å². The number of hydrogen-bond acceptors (Lipinski definition) is 4. The summed E-state index contributed by atoms with van der Waals surface area (Å²) in [6, 6.07) is 6.56. The first-order valence-corrected chi connectivity index (χ1v) is 6.40. The predicted molar refractivity (Wildman–Crippen MR) is 70.5 cm³/mol. The number of aromatic hydroxyl groups is 1. The van der Waals surface area contributed by atoms with Crippen LogP contribution in [-0.2, 0) is 6.42 Å². The SMILES string of the molecule is O=C(O)c1nc(-c2ccccc2O)n2c1CCCC2O. The first-order chi connectivity index (χ1) is 9.59. The fourth-order valence-corrected chi connectivity index (χ4v) is 2.63. The summed E-state index contributed by atoms with van der Waals surface area (Å²) in [5, 5.41) is 29.3. The lowest BCUT2D eigenvalue weighted by Gasteiger charge is -2.23. The lowest BCUT2D eigenvalue weighted by molar-refractivity contribution is 0.0678. The van der Waals surface area contributed by atoms with Gasteiger partial charge in [0.05, 0.1) is 11.3 Å².